The summed E-state index contributed by atoms with van der Waals surface area (Å²) in [5.41, 5.74) is 0.981. The minimum absolute atomic E-state index is 0.439. The number of carbonyl (C=O) groups excluding carboxylic acids is 1. The van der Waals surface area contributed by atoms with Crippen molar-refractivity contribution < 1.29 is 9.53 Å². The van der Waals surface area contributed by atoms with Gasteiger partial charge in [0.2, 0.25) is 0 Å². The highest BCUT2D eigenvalue weighted by molar-refractivity contribution is 8.01. The highest BCUT2D eigenvalue weighted by Gasteiger charge is 2.22. The summed E-state index contributed by atoms with van der Waals surface area (Å²) >= 11 is 5.15. The lowest BCUT2D eigenvalue weighted by molar-refractivity contribution is -0.142. The molecule has 7 aromatic carbocycles. The first-order valence-electron chi connectivity index (χ1n) is 15.0. The minimum atomic E-state index is -0.490. The van der Waals surface area contributed by atoms with E-state index in [2.05, 4.69) is 146 Å². The van der Waals surface area contributed by atoms with E-state index in [0.717, 1.165) is 30.0 Å². The van der Waals surface area contributed by atoms with Crippen LogP contribution in [0.2, 0.25) is 0 Å². The molecule has 0 bridgehead atoms. The van der Waals surface area contributed by atoms with Gasteiger partial charge in [-0.1, -0.05) is 133 Å². The molecule has 0 heterocycles. The van der Waals surface area contributed by atoms with Gasteiger partial charge in [-0.3, -0.25) is 0 Å². The number of rotatable bonds is 9. The monoisotopic (exact) mass is 650 g/mol. The molecule has 0 N–H and O–H groups in total. The van der Waals surface area contributed by atoms with Crippen LogP contribution >= 0.6 is 35.3 Å². The van der Waals surface area contributed by atoms with Gasteiger partial charge in [-0.15, -0.1) is 0 Å². The number of esters is 1. The van der Waals surface area contributed by atoms with E-state index >= 15 is 0 Å². The molecule has 0 spiro atoms. The van der Waals surface area contributed by atoms with Crippen molar-refractivity contribution in [2.24, 2.45) is 0 Å². The third-order valence-electron chi connectivity index (χ3n) is 7.80. The predicted molar refractivity (Wildman–Crippen MR) is 195 cm³/mol. The van der Waals surface area contributed by atoms with E-state index in [1.165, 1.54) is 43.3 Å². The van der Waals surface area contributed by atoms with Gasteiger partial charge in [0.15, 0.2) is 0 Å². The van der Waals surface area contributed by atoms with Gasteiger partial charge in [0.25, 0.3) is 0 Å². The standard InChI is InChI=1S/C41H30O2S3/c1-3-40(42)43-27(2)41-38(45-35-20-17-29-11-5-8-14-32(29)23-35)25-37(44-34-19-16-28-10-4-7-13-31(28)22-34)26-39(41)46-36-21-18-30-12-6-9-15-33(30)24-36/h3-27H,1H2,2H3. The Morgan fingerprint density at radius 3 is 1.35 bits per heavy atom. The molecule has 1 unspecified atom stereocenters. The molecule has 5 heteroatoms. The summed E-state index contributed by atoms with van der Waals surface area (Å²) in [6, 6.07) is 49.4. The van der Waals surface area contributed by atoms with Crippen LogP contribution in [0.25, 0.3) is 32.3 Å². The minimum Gasteiger partial charge on any atom is -0.455 e. The van der Waals surface area contributed by atoms with E-state index in [9.17, 15) is 4.79 Å². The third kappa shape index (κ3) is 6.73. The zero-order chi connectivity index (χ0) is 31.5. The summed E-state index contributed by atoms with van der Waals surface area (Å²) in [6.45, 7) is 5.59. The van der Waals surface area contributed by atoms with Crippen molar-refractivity contribution in [3.8, 4) is 0 Å². The highest BCUT2D eigenvalue weighted by atomic mass is 32.2. The fraction of sp³-hybridized carbons (Fsp3) is 0.0488. The van der Waals surface area contributed by atoms with Gasteiger partial charge in [-0.2, -0.15) is 0 Å². The molecule has 0 aliphatic heterocycles. The molecule has 0 saturated carbocycles. The van der Waals surface area contributed by atoms with Crippen LogP contribution in [0.1, 0.15) is 18.6 Å². The number of fused-ring (bicyclic) bond motifs is 3. The Morgan fingerprint density at radius 2 is 0.935 bits per heavy atom. The summed E-state index contributed by atoms with van der Waals surface area (Å²) in [7, 11) is 0. The number of benzene rings is 7. The second kappa shape index (κ2) is 13.5. The first-order valence-corrected chi connectivity index (χ1v) is 17.5. The van der Waals surface area contributed by atoms with E-state index in [-0.39, 0.29) is 0 Å². The van der Waals surface area contributed by atoms with Crippen LogP contribution in [0.15, 0.2) is 182 Å². The molecule has 224 valence electrons. The average Bonchev–Trinajstić information content (AvgIpc) is 3.08. The van der Waals surface area contributed by atoms with Crippen LogP contribution in [-0.2, 0) is 9.53 Å². The van der Waals surface area contributed by atoms with Crippen molar-refractivity contribution in [1.82, 2.24) is 0 Å². The van der Waals surface area contributed by atoms with Crippen LogP contribution in [0.5, 0.6) is 0 Å². The summed E-state index contributed by atoms with van der Waals surface area (Å²) in [6.07, 6.45) is 0.739. The van der Waals surface area contributed by atoms with E-state index in [0.29, 0.717) is 0 Å². The summed E-state index contributed by atoms with van der Waals surface area (Å²) in [4.78, 5) is 19.1. The van der Waals surface area contributed by atoms with Crippen molar-refractivity contribution in [3.63, 3.8) is 0 Å². The van der Waals surface area contributed by atoms with Crippen LogP contribution in [0.4, 0.5) is 0 Å². The molecular weight excluding hydrogens is 621 g/mol. The van der Waals surface area contributed by atoms with E-state index in [1.54, 1.807) is 35.3 Å². The van der Waals surface area contributed by atoms with Crippen molar-refractivity contribution in [1.29, 1.82) is 0 Å². The second-order valence-electron chi connectivity index (χ2n) is 10.9. The number of hydrogen-bond donors (Lipinski definition) is 0. The molecule has 2 nitrogen and oxygen atoms in total. The van der Waals surface area contributed by atoms with E-state index in [1.807, 2.05) is 6.92 Å². The summed E-state index contributed by atoms with van der Waals surface area (Å²) in [5.74, 6) is -0.439. The zero-order valence-electron chi connectivity index (χ0n) is 25.2. The van der Waals surface area contributed by atoms with Gasteiger partial charge in [0.1, 0.15) is 6.10 Å². The quantitative estimate of drug-likeness (QED) is 0.114. The van der Waals surface area contributed by atoms with Gasteiger partial charge in [0, 0.05) is 41.0 Å². The maximum Gasteiger partial charge on any atom is 0.330 e. The first kappa shape index (κ1) is 30.2. The molecular formula is C41H30O2S3. The van der Waals surface area contributed by atoms with Crippen LogP contribution in [0, 0.1) is 0 Å². The summed E-state index contributed by atoms with van der Waals surface area (Å²) in [5, 5.41) is 7.22. The lowest BCUT2D eigenvalue weighted by atomic mass is 10.1. The number of carbonyl (C=O) groups is 1. The Morgan fingerprint density at radius 1 is 0.543 bits per heavy atom. The molecule has 0 fully saturated rings. The zero-order valence-corrected chi connectivity index (χ0v) is 27.6. The molecule has 46 heavy (non-hydrogen) atoms. The fourth-order valence-corrected chi connectivity index (χ4v) is 9.03. The lowest BCUT2D eigenvalue weighted by Gasteiger charge is -2.22. The van der Waals surface area contributed by atoms with Gasteiger partial charge in [-0.25, -0.2) is 4.79 Å². The highest BCUT2D eigenvalue weighted by Crippen LogP contribution is 2.46. The fourth-order valence-electron chi connectivity index (χ4n) is 5.57. The normalized spacial score (nSPS) is 11.9. The van der Waals surface area contributed by atoms with Crippen LogP contribution in [-0.4, -0.2) is 5.97 Å². The topological polar surface area (TPSA) is 26.3 Å². The molecule has 0 amide bonds. The average molecular weight is 651 g/mol. The Bertz CT molecular complexity index is 2140. The Labute approximate surface area is 281 Å². The summed E-state index contributed by atoms with van der Waals surface area (Å²) < 4.78 is 5.90. The van der Waals surface area contributed by atoms with Crippen molar-refractivity contribution >= 4 is 73.6 Å². The van der Waals surface area contributed by atoms with Gasteiger partial charge >= 0.3 is 5.97 Å². The molecule has 7 aromatic rings. The first-order chi connectivity index (χ1) is 22.5. The van der Waals surface area contributed by atoms with Crippen LogP contribution < -0.4 is 0 Å². The molecule has 0 radical (unpaired) electrons. The molecule has 0 saturated heterocycles. The van der Waals surface area contributed by atoms with Crippen molar-refractivity contribution in [2.45, 2.75) is 42.4 Å². The maximum atomic E-state index is 12.5. The molecule has 7 rings (SSSR count). The predicted octanol–water partition coefficient (Wildman–Crippen LogP) is 12.4. The van der Waals surface area contributed by atoms with Crippen molar-refractivity contribution in [2.75, 3.05) is 0 Å². The largest absolute Gasteiger partial charge is 0.455 e. The second-order valence-corrected chi connectivity index (χ2v) is 14.3. The maximum absolute atomic E-state index is 12.5. The Hall–Kier alpha value is -4.42. The lowest BCUT2D eigenvalue weighted by Crippen LogP contribution is -2.08. The molecule has 0 aliphatic carbocycles. The van der Waals surface area contributed by atoms with Gasteiger partial charge in [-0.05, 0) is 87.8 Å². The number of ether oxygens (including phenoxy) is 1. The molecule has 1 atom stereocenters. The smallest absolute Gasteiger partial charge is 0.330 e. The molecule has 0 aromatic heterocycles. The van der Waals surface area contributed by atoms with Crippen LogP contribution in [0.3, 0.4) is 0 Å². The SMILES string of the molecule is C=CC(=O)OC(C)c1c(Sc2ccc3ccccc3c2)cc(Sc2ccc3ccccc3c2)cc1Sc1ccc2ccccc2c1. The Balaban J connectivity index is 1.36. The van der Waals surface area contributed by atoms with E-state index in [4.69, 9.17) is 4.74 Å². The third-order valence-corrected chi connectivity index (χ3v) is 10.9. The van der Waals surface area contributed by atoms with Gasteiger partial charge < -0.3 is 4.74 Å². The number of hydrogen-bond acceptors (Lipinski definition) is 5. The van der Waals surface area contributed by atoms with Gasteiger partial charge in [0.05, 0.1) is 0 Å². The molecule has 0 aliphatic rings. The Kier molecular flexibility index (Phi) is 8.89. The van der Waals surface area contributed by atoms with E-state index < -0.39 is 12.1 Å². The van der Waals surface area contributed by atoms with Crippen molar-refractivity contribution in [3.05, 3.63) is 158 Å².